The first kappa shape index (κ1) is 14.1. The van der Waals surface area contributed by atoms with E-state index in [2.05, 4.69) is 20.5 Å². The molecule has 1 N–H and O–H groups in total. The first-order chi connectivity index (χ1) is 11.1. The van der Waals surface area contributed by atoms with Gasteiger partial charge in [-0.3, -0.25) is 14.5 Å². The zero-order valence-corrected chi connectivity index (χ0v) is 12.7. The third-order valence-electron chi connectivity index (χ3n) is 4.75. The highest BCUT2D eigenvalue weighted by atomic mass is 16.5. The largest absolute Gasteiger partial charge is 0.364 e. The maximum atomic E-state index is 12.3. The zero-order chi connectivity index (χ0) is 16.0. The van der Waals surface area contributed by atoms with Gasteiger partial charge < -0.3 is 9.84 Å². The van der Waals surface area contributed by atoms with Crippen LogP contribution >= 0.6 is 0 Å². The molecule has 0 aromatic carbocycles. The molecule has 2 aromatic rings. The van der Waals surface area contributed by atoms with Gasteiger partial charge in [0.15, 0.2) is 0 Å². The van der Waals surface area contributed by atoms with Crippen LogP contribution in [0, 0.1) is 5.92 Å². The van der Waals surface area contributed by atoms with Crippen LogP contribution in [0.2, 0.25) is 0 Å². The van der Waals surface area contributed by atoms with E-state index in [9.17, 15) is 9.59 Å². The summed E-state index contributed by atoms with van der Waals surface area (Å²) in [6, 6.07) is 5.14. The molecular formula is C15H17N5O3. The highest BCUT2D eigenvalue weighted by molar-refractivity contribution is 5.92. The van der Waals surface area contributed by atoms with E-state index in [-0.39, 0.29) is 23.2 Å². The molecule has 3 atom stereocenters. The summed E-state index contributed by atoms with van der Waals surface area (Å²) in [7, 11) is 1.53. The quantitative estimate of drug-likeness (QED) is 0.838. The molecule has 1 saturated carbocycles. The summed E-state index contributed by atoms with van der Waals surface area (Å²) in [6.07, 6.45) is 2.66. The number of carbonyl (C=O) groups is 1. The Morgan fingerprint density at radius 3 is 3.04 bits per heavy atom. The number of fused-ring (bicyclic) bond motifs is 1. The molecule has 2 aliphatic heterocycles. The van der Waals surface area contributed by atoms with Crippen molar-refractivity contribution < 1.29 is 9.32 Å². The van der Waals surface area contributed by atoms with E-state index in [1.807, 2.05) is 6.07 Å². The minimum absolute atomic E-state index is 0.133. The van der Waals surface area contributed by atoms with Crippen molar-refractivity contribution in [2.45, 2.75) is 25.0 Å². The topological polar surface area (TPSA) is 93.3 Å². The predicted molar refractivity (Wildman–Crippen MR) is 79.5 cm³/mol. The van der Waals surface area contributed by atoms with Gasteiger partial charge in [-0.25, -0.2) is 4.68 Å². The van der Waals surface area contributed by atoms with E-state index < -0.39 is 0 Å². The Bertz CT molecular complexity index is 785. The molecule has 4 heterocycles. The maximum Gasteiger partial charge on any atom is 0.272 e. The molecule has 1 aliphatic carbocycles. The normalized spacial score (nSPS) is 26.0. The van der Waals surface area contributed by atoms with Gasteiger partial charge in [-0.05, 0) is 18.4 Å². The Balaban J connectivity index is 1.41. The fourth-order valence-corrected chi connectivity index (χ4v) is 3.49. The molecule has 23 heavy (non-hydrogen) atoms. The Hall–Kier alpha value is -2.48. The molecular weight excluding hydrogens is 298 g/mol. The van der Waals surface area contributed by atoms with E-state index >= 15 is 0 Å². The summed E-state index contributed by atoms with van der Waals surface area (Å²) in [6.45, 7) is 1.69. The van der Waals surface area contributed by atoms with Crippen LogP contribution in [-0.4, -0.2) is 44.4 Å². The number of nitrogens with one attached hydrogen (secondary N) is 1. The summed E-state index contributed by atoms with van der Waals surface area (Å²) in [5.41, 5.74) is 0.938. The van der Waals surface area contributed by atoms with Crippen molar-refractivity contribution in [1.29, 1.82) is 0 Å². The number of aromatic nitrogens is 3. The average Bonchev–Trinajstić information content (AvgIpc) is 3.24. The second-order valence-electron chi connectivity index (χ2n) is 6.16. The third-order valence-corrected chi connectivity index (χ3v) is 4.75. The zero-order valence-electron chi connectivity index (χ0n) is 12.7. The van der Waals surface area contributed by atoms with Crippen molar-refractivity contribution in [2.24, 2.45) is 13.0 Å². The molecule has 8 heteroatoms. The van der Waals surface area contributed by atoms with Gasteiger partial charge in [-0.15, -0.1) is 0 Å². The van der Waals surface area contributed by atoms with Crippen LogP contribution < -0.4 is 10.9 Å². The van der Waals surface area contributed by atoms with Crippen LogP contribution in [0.5, 0.6) is 0 Å². The monoisotopic (exact) mass is 315 g/mol. The summed E-state index contributed by atoms with van der Waals surface area (Å²) in [4.78, 5) is 26.0. The molecule has 0 spiro atoms. The highest BCUT2D eigenvalue weighted by Gasteiger charge is 2.52. The molecule has 5 rings (SSSR count). The molecule has 8 nitrogen and oxygen atoms in total. The lowest BCUT2D eigenvalue weighted by molar-refractivity contribution is 0.0858. The van der Waals surface area contributed by atoms with Gasteiger partial charge in [0.05, 0.1) is 5.69 Å². The Labute approximate surface area is 132 Å². The number of carbonyl (C=O) groups excluding carboxylic acids is 1. The van der Waals surface area contributed by atoms with Gasteiger partial charge in [0.25, 0.3) is 11.5 Å². The Kier molecular flexibility index (Phi) is 3.26. The lowest BCUT2D eigenvalue weighted by atomic mass is 9.80. The van der Waals surface area contributed by atoms with Crippen LogP contribution in [0.3, 0.4) is 0 Å². The van der Waals surface area contributed by atoms with Crippen molar-refractivity contribution in [2.75, 3.05) is 6.54 Å². The number of aryl methyl sites for hydroxylation is 1. The van der Waals surface area contributed by atoms with E-state index in [1.54, 1.807) is 6.26 Å². The maximum absolute atomic E-state index is 12.3. The van der Waals surface area contributed by atoms with Crippen LogP contribution in [0.1, 0.15) is 22.6 Å². The van der Waals surface area contributed by atoms with Crippen LogP contribution in [-0.2, 0) is 13.6 Å². The first-order valence-corrected chi connectivity index (χ1v) is 7.60. The molecule has 2 aromatic heterocycles. The van der Waals surface area contributed by atoms with E-state index in [4.69, 9.17) is 4.52 Å². The Morgan fingerprint density at radius 1 is 1.43 bits per heavy atom. The number of hydrogen-bond donors (Lipinski definition) is 1. The molecule has 120 valence electrons. The second kappa shape index (κ2) is 5.31. The molecule has 3 unspecified atom stereocenters. The first-order valence-electron chi connectivity index (χ1n) is 7.60. The van der Waals surface area contributed by atoms with E-state index in [0.717, 1.165) is 25.2 Å². The minimum atomic E-state index is -0.233. The van der Waals surface area contributed by atoms with Crippen LogP contribution in [0.4, 0.5) is 0 Å². The van der Waals surface area contributed by atoms with Crippen molar-refractivity contribution in [3.8, 4) is 0 Å². The van der Waals surface area contributed by atoms with Gasteiger partial charge in [-0.2, -0.15) is 5.10 Å². The van der Waals surface area contributed by atoms with E-state index in [1.165, 1.54) is 23.9 Å². The number of hydrogen-bond acceptors (Lipinski definition) is 6. The van der Waals surface area contributed by atoms with Gasteiger partial charge in [0, 0.05) is 44.4 Å². The van der Waals surface area contributed by atoms with Crippen molar-refractivity contribution >= 4 is 5.91 Å². The second-order valence-corrected chi connectivity index (χ2v) is 6.16. The minimum Gasteiger partial charge on any atom is -0.364 e. The van der Waals surface area contributed by atoms with Crippen molar-refractivity contribution in [1.82, 2.24) is 25.2 Å². The highest BCUT2D eigenvalue weighted by Crippen LogP contribution is 2.41. The van der Waals surface area contributed by atoms with Gasteiger partial charge in [0.2, 0.25) is 0 Å². The molecule has 2 bridgehead atoms. The summed E-state index contributed by atoms with van der Waals surface area (Å²) < 4.78 is 6.03. The van der Waals surface area contributed by atoms with Gasteiger partial charge in [0.1, 0.15) is 12.0 Å². The van der Waals surface area contributed by atoms with Crippen molar-refractivity contribution in [3.63, 3.8) is 0 Å². The SMILES string of the molecule is Cn1nc(C(=O)NC2C3CC2N(Cc2ccon2)C3)ccc1=O. The molecule has 3 fully saturated rings. The Morgan fingerprint density at radius 2 is 2.30 bits per heavy atom. The third kappa shape index (κ3) is 2.44. The van der Waals surface area contributed by atoms with Crippen LogP contribution in [0.25, 0.3) is 0 Å². The van der Waals surface area contributed by atoms with Gasteiger partial charge in [-0.1, -0.05) is 5.16 Å². The smallest absolute Gasteiger partial charge is 0.272 e. The summed E-state index contributed by atoms with van der Waals surface area (Å²) in [5.74, 6) is 0.229. The standard InChI is InChI=1S/C15H17N5O3/c1-19-13(21)3-2-11(17-19)15(22)16-14-9-6-12(14)20(7-9)8-10-4-5-23-18-10/h2-5,9,12,14H,6-8H2,1H3,(H,16,22). The molecule has 0 radical (unpaired) electrons. The average molecular weight is 315 g/mol. The summed E-state index contributed by atoms with van der Waals surface area (Å²) in [5, 5.41) is 11.0. The lowest BCUT2D eigenvalue weighted by Gasteiger charge is -2.37. The molecule has 3 aliphatic rings. The fraction of sp³-hybridized carbons (Fsp3) is 0.467. The van der Waals surface area contributed by atoms with Gasteiger partial charge >= 0.3 is 0 Å². The van der Waals surface area contributed by atoms with E-state index in [0.29, 0.717) is 12.0 Å². The molecule has 1 amide bonds. The van der Waals surface area contributed by atoms with Crippen molar-refractivity contribution in [3.05, 3.63) is 46.2 Å². The lowest BCUT2D eigenvalue weighted by Crippen LogP contribution is -2.54. The summed E-state index contributed by atoms with van der Waals surface area (Å²) >= 11 is 0. The number of nitrogens with zero attached hydrogens (tertiary/aromatic N) is 4. The fourth-order valence-electron chi connectivity index (χ4n) is 3.49. The predicted octanol–water partition coefficient (Wildman–Crippen LogP) is -0.229. The molecule has 2 saturated heterocycles. The van der Waals surface area contributed by atoms with Crippen LogP contribution in [0.15, 0.2) is 33.8 Å². The number of rotatable bonds is 4. The number of amides is 1.